The van der Waals surface area contributed by atoms with Crippen LogP contribution in [0.1, 0.15) is 59.4 Å². The SMILES string of the molecule is CC(C)C[C@@H](C(=O)N[C@@H]1CC[C@H]2CN(Cc3ccccc3)C[C@H]21)N(C)C(=O)OC(C)(C)C. The minimum absolute atomic E-state index is 0.0563. The van der Waals surface area contributed by atoms with Crippen LogP contribution in [0.4, 0.5) is 4.79 Å². The predicted octanol–water partition coefficient (Wildman–Crippen LogP) is 4.29. The molecule has 1 aromatic rings. The second-order valence-corrected chi connectivity index (χ2v) is 11.0. The van der Waals surface area contributed by atoms with Crippen molar-refractivity contribution in [1.29, 1.82) is 0 Å². The van der Waals surface area contributed by atoms with Gasteiger partial charge in [-0.25, -0.2) is 4.79 Å². The molecule has 0 bridgehead atoms. The van der Waals surface area contributed by atoms with Crippen LogP contribution in [-0.4, -0.2) is 59.6 Å². The average molecular weight is 444 g/mol. The first-order valence-electron chi connectivity index (χ1n) is 12.1. The molecule has 4 atom stereocenters. The molecule has 178 valence electrons. The van der Waals surface area contributed by atoms with Gasteiger partial charge in [0.15, 0.2) is 0 Å². The third kappa shape index (κ3) is 6.47. The van der Waals surface area contributed by atoms with Crippen molar-refractivity contribution in [1.82, 2.24) is 15.1 Å². The molecular weight excluding hydrogens is 402 g/mol. The van der Waals surface area contributed by atoms with E-state index in [0.717, 1.165) is 32.5 Å². The zero-order chi connectivity index (χ0) is 23.5. The number of hydrogen-bond acceptors (Lipinski definition) is 4. The molecule has 1 saturated heterocycles. The van der Waals surface area contributed by atoms with E-state index in [1.165, 1.54) is 10.5 Å². The van der Waals surface area contributed by atoms with E-state index in [0.29, 0.717) is 24.2 Å². The minimum atomic E-state index is -0.588. The average Bonchev–Trinajstić information content (AvgIpc) is 3.26. The standard InChI is InChI=1S/C26H41N3O3/c1-18(2)14-23(28(6)25(31)32-26(3,4)5)24(30)27-22-13-12-20-16-29(17-21(20)22)15-19-10-8-7-9-11-19/h7-11,18,20-23H,12-17H2,1-6H3,(H,27,30)/t20-,21+,22+,23-/m0/s1. The number of nitrogens with one attached hydrogen (secondary N) is 1. The van der Waals surface area contributed by atoms with Gasteiger partial charge in [0.25, 0.3) is 0 Å². The van der Waals surface area contributed by atoms with E-state index >= 15 is 0 Å². The van der Waals surface area contributed by atoms with Crippen molar-refractivity contribution in [2.45, 2.75) is 78.1 Å². The van der Waals surface area contributed by atoms with Crippen LogP contribution in [0.15, 0.2) is 30.3 Å². The number of carbonyl (C=O) groups excluding carboxylic acids is 2. The van der Waals surface area contributed by atoms with E-state index in [2.05, 4.69) is 54.4 Å². The molecule has 2 aliphatic rings. The zero-order valence-electron chi connectivity index (χ0n) is 20.6. The normalized spacial score (nSPS) is 24.3. The first kappa shape index (κ1) is 24.6. The van der Waals surface area contributed by atoms with Crippen molar-refractivity contribution in [3.05, 3.63) is 35.9 Å². The van der Waals surface area contributed by atoms with Crippen molar-refractivity contribution in [3.63, 3.8) is 0 Å². The molecule has 1 N–H and O–H groups in total. The highest BCUT2D eigenvalue weighted by atomic mass is 16.6. The van der Waals surface area contributed by atoms with Crippen molar-refractivity contribution in [2.24, 2.45) is 17.8 Å². The number of ether oxygens (including phenoxy) is 1. The van der Waals surface area contributed by atoms with E-state index in [1.807, 2.05) is 20.8 Å². The van der Waals surface area contributed by atoms with Gasteiger partial charge in [-0.3, -0.25) is 14.6 Å². The maximum Gasteiger partial charge on any atom is 0.410 e. The van der Waals surface area contributed by atoms with Gasteiger partial charge in [0, 0.05) is 32.7 Å². The molecule has 2 amide bonds. The Bertz CT molecular complexity index is 774. The van der Waals surface area contributed by atoms with Crippen LogP contribution >= 0.6 is 0 Å². The molecule has 0 aromatic heterocycles. The molecule has 6 nitrogen and oxygen atoms in total. The highest BCUT2D eigenvalue weighted by Crippen LogP contribution is 2.38. The van der Waals surface area contributed by atoms with Crippen molar-refractivity contribution in [3.8, 4) is 0 Å². The number of fused-ring (bicyclic) bond motifs is 1. The summed E-state index contributed by atoms with van der Waals surface area (Å²) in [5.74, 6) is 1.35. The molecule has 2 fully saturated rings. The van der Waals surface area contributed by atoms with Crippen LogP contribution in [0.3, 0.4) is 0 Å². The molecule has 1 aliphatic heterocycles. The first-order valence-corrected chi connectivity index (χ1v) is 12.1. The van der Waals surface area contributed by atoms with Crippen LogP contribution in [0.5, 0.6) is 0 Å². The molecular formula is C26H41N3O3. The van der Waals surface area contributed by atoms with Gasteiger partial charge in [-0.2, -0.15) is 0 Å². The molecule has 6 heteroatoms. The van der Waals surface area contributed by atoms with Gasteiger partial charge in [0.2, 0.25) is 5.91 Å². The number of rotatable bonds is 7. The van der Waals surface area contributed by atoms with Crippen LogP contribution < -0.4 is 5.32 Å². The molecule has 0 unspecified atom stereocenters. The molecule has 1 aromatic carbocycles. The fraction of sp³-hybridized carbons (Fsp3) is 0.692. The quantitative estimate of drug-likeness (QED) is 0.683. The van der Waals surface area contributed by atoms with Crippen LogP contribution in [-0.2, 0) is 16.1 Å². The maximum atomic E-state index is 13.3. The van der Waals surface area contributed by atoms with Gasteiger partial charge >= 0.3 is 6.09 Å². The lowest BCUT2D eigenvalue weighted by atomic mass is 9.96. The zero-order valence-corrected chi connectivity index (χ0v) is 20.6. The fourth-order valence-electron chi connectivity index (χ4n) is 5.14. The summed E-state index contributed by atoms with van der Waals surface area (Å²) in [6.07, 6.45) is 2.34. The van der Waals surface area contributed by atoms with Crippen molar-refractivity contribution < 1.29 is 14.3 Å². The predicted molar refractivity (Wildman–Crippen MR) is 127 cm³/mol. The largest absolute Gasteiger partial charge is 0.444 e. The minimum Gasteiger partial charge on any atom is -0.444 e. The Morgan fingerprint density at radius 3 is 2.47 bits per heavy atom. The topological polar surface area (TPSA) is 61.9 Å². The number of amides is 2. The number of nitrogens with zero attached hydrogens (tertiary/aromatic N) is 2. The number of likely N-dealkylation sites (tertiary alicyclic amines) is 1. The summed E-state index contributed by atoms with van der Waals surface area (Å²) >= 11 is 0. The third-order valence-electron chi connectivity index (χ3n) is 6.66. The Balaban J connectivity index is 1.61. The number of benzene rings is 1. The number of hydrogen-bond donors (Lipinski definition) is 1. The molecule has 1 heterocycles. The molecule has 3 rings (SSSR count). The van der Waals surface area contributed by atoms with E-state index in [1.54, 1.807) is 7.05 Å². The van der Waals surface area contributed by atoms with Gasteiger partial charge in [-0.1, -0.05) is 44.2 Å². The maximum absolute atomic E-state index is 13.3. The Morgan fingerprint density at radius 1 is 1.16 bits per heavy atom. The molecule has 0 spiro atoms. The summed E-state index contributed by atoms with van der Waals surface area (Å²) < 4.78 is 5.52. The summed E-state index contributed by atoms with van der Waals surface area (Å²) in [5.41, 5.74) is 0.749. The lowest BCUT2D eigenvalue weighted by molar-refractivity contribution is -0.127. The number of likely N-dealkylation sites (N-methyl/N-ethyl adjacent to an activating group) is 1. The van der Waals surface area contributed by atoms with Gasteiger partial charge in [0.05, 0.1) is 0 Å². The Morgan fingerprint density at radius 2 is 1.84 bits per heavy atom. The summed E-state index contributed by atoms with van der Waals surface area (Å²) in [6.45, 7) is 12.8. The van der Waals surface area contributed by atoms with Gasteiger partial charge in [-0.15, -0.1) is 0 Å². The summed E-state index contributed by atoms with van der Waals surface area (Å²) in [4.78, 5) is 30.0. The first-order chi connectivity index (χ1) is 15.0. The molecule has 0 radical (unpaired) electrons. The highest BCUT2D eigenvalue weighted by Gasteiger charge is 2.44. The van der Waals surface area contributed by atoms with E-state index < -0.39 is 17.7 Å². The fourth-order valence-corrected chi connectivity index (χ4v) is 5.14. The highest BCUT2D eigenvalue weighted by molar-refractivity contribution is 5.86. The Hall–Kier alpha value is -2.08. The van der Waals surface area contributed by atoms with Gasteiger partial charge in [-0.05, 0) is 63.4 Å². The van der Waals surface area contributed by atoms with Crippen molar-refractivity contribution in [2.75, 3.05) is 20.1 Å². The second-order valence-electron chi connectivity index (χ2n) is 11.0. The Labute approximate surface area is 193 Å². The lowest BCUT2D eigenvalue weighted by Crippen LogP contribution is -2.52. The smallest absolute Gasteiger partial charge is 0.410 e. The summed E-state index contributed by atoms with van der Waals surface area (Å²) in [7, 11) is 1.68. The van der Waals surface area contributed by atoms with Crippen LogP contribution in [0, 0.1) is 17.8 Å². The van der Waals surface area contributed by atoms with E-state index in [-0.39, 0.29) is 11.9 Å². The molecule has 1 aliphatic carbocycles. The van der Waals surface area contributed by atoms with E-state index in [9.17, 15) is 9.59 Å². The van der Waals surface area contributed by atoms with Gasteiger partial charge in [0.1, 0.15) is 11.6 Å². The Kier molecular flexibility index (Phi) is 7.86. The van der Waals surface area contributed by atoms with Gasteiger partial charge < -0.3 is 10.1 Å². The molecule has 32 heavy (non-hydrogen) atoms. The third-order valence-corrected chi connectivity index (χ3v) is 6.66. The van der Waals surface area contributed by atoms with E-state index in [4.69, 9.17) is 4.74 Å². The summed E-state index contributed by atoms with van der Waals surface area (Å²) in [6, 6.07) is 10.2. The summed E-state index contributed by atoms with van der Waals surface area (Å²) in [5, 5.41) is 3.32. The second kappa shape index (κ2) is 10.2. The number of carbonyl (C=O) groups is 2. The monoisotopic (exact) mass is 443 g/mol. The van der Waals surface area contributed by atoms with Crippen LogP contribution in [0.2, 0.25) is 0 Å². The van der Waals surface area contributed by atoms with Crippen LogP contribution in [0.25, 0.3) is 0 Å². The lowest BCUT2D eigenvalue weighted by Gasteiger charge is -2.32. The molecule has 1 saturated carbocycles. The van der Waals surface area contributed by atoms with Crippen molar-refractivity contribution >= 4 is 12.0 Å².